The van der Waals surface area contributed by atoms with Crippen molar-refractivity contribution in [3.63, 3.8) is 0 Å². The molecule has 0 saturated heterocycles. The molecule has 0 spiro atoms. The molecular formula is C13H6ClFN2O5S. The standard InChI is InChI=1S/C13H6ClFN2O5S/c14-11-6-10(3-1-8(11)7-16)23(20,21)22-13-5-9(15)2-4-12(13)17(18)19/h1-6H. The summed E-state index contributed by atoms with van der Waals surface area (Å²) in [6, 6.07) is 7.08. The van der Waals surface area contributed by atoms with E-state index in [-0.39, 0.29) is 10.6 Å². The zero-order chi connectivity index (χ0) is 17.2. The summed E-state index contributed by atoms with van der Waals surface area (Å²) in [4.78, 5) is 9.51. The number of nitro benzene ring substituents is 1. The van der Waals surface area contributed by atoms with E-state index in [4.69, 9.17) is 16.9 Å². The molecule has 7 nitrogen and oxygen atoms in total. The van der Waals surface area contributed by atoms with Crippen molar-refractivity contribution in [2.24, 2.45) is 0 Å². The van der Waals surface area contributed by atoms with Crippen molar-refractivity contribution < 1.29 is 21.9 Å². The molecule has 0 radical (unpaired) electrons. The van der Waals surface area contributed by atoms with E-state index in [9.17, 15) is 22.9 Å². The molecule has 10 heteroatoms. The summed E-state index contributed by atoms with van der Waals surface area (Å²) in [5.41, 5.74) is -0.669. The van der Waals surface area contributed by atoms with Gasteiger partial charge in [-0.05, 0) is 24.3 Å². The van der Waals surface area contributed by atoms with Crippen molar-refractivity contribution in [2.45, 2.75) is 4.90 Å². The maximum absolute atomic E-state index is 13.2. The second-order valence-electron chi connectivity index (χ2n) is 4.16. The van der Waals surface area contributed by atoms with Crippen molar-refractivity contribution >= 4 is 27.4 Å². The molecule has 0 aromatic heterocycles. The normalized spacial score (nSPS) is 10.8. The Kier molecular flexibility index (Phi) is 4.49. The number of halogens is 2. The minimum absolute atomic E-state index is 0.0438. The fraction of sp³-hybridized carbons (Fsp3) is 0. The van der Waals surface area contributed by atoms with Gasteiger partial charge in [0.05, 0.1) is 15.5 Å². The first-order valence-corrected chi connectivity index (χ1v) is 7.61. The van der Waals surface area contributed by atoms with E-state index in [0.29, 0.717) is 6.07 Å². The number of hydrogen-bond acceptors (Lipinski definition) is 6. The van der Waals surface area contributed by atoms with E-state index in [1.54, 1.807) is 6.07 Å². The monoisotopic (exact) mass is 356 g/mol. The molecule has 0 amide bonds. The predicted octanol–water partition coefficient (Wildman–Crippen LogP) is 3.03. The van der Waals surface area contributed by atoms with Gasteiger partial charge in [-0.15, -0.1) is 0 Å². The van der Waals surface area contributed by atoms with Crippen LogP contribution in [0.25, 0.3) is 0 Å². The van der Waals surface area contributed by atoms with Gasteiger partial charge in [0.25, 0.3) is 0 Å². The van der Waals surface area contributed by atoms with E-state index in [1.165, 1.54) is 0 Å². The Morgan fingerprint density at radius 3 is 2.52 bits per heavy atom. The highest BCUT2D eigenvalue weighted by Crippen LogP contribution is 2.31. The lowest BCUT2D eigenvalue weighted by atomic mass is 10.2. The smallest absolute Gasteiger partial charge is 0.339 e. The molecule has 0 aliphatic heterocycles. The van der Waals surface area contributed by atoms with E-state index < -0.39 is 37.2 Å². The Bertz CT molecular complexity index is 940. The Balaban J connectivity index is 2.47. The molecule has 118 valence electrons. The number of nitrogens with zero attached hydrogens (tertiary/aromatic N) is 2. The van der Waals surface area contributed by atoms with Crippen LogP contribution in [0.5, 0.6) is 5.75 Å². The second-order valence-corrected chi connectivity index (χ2v) is 6.11. The molecule has 0 fully saturated rings. The maximum Gasteiger partial charge on any atom is 0.339 e. The van der Waals surface area contributed by atoms with Gasteiger partial charge in [0.15, 0.2) is 0 Å². The lowest BCUT2D eigenvalue weighted by Gasteiger charge is -2.08. The molecule has 23 heavy (non-hydrogen) atoms. The molecule has 0 heterocycles. The van der Waals surface area contributed by atoms with E-state index >= 15 is 0 Å². The van der Waals surface area contributed by atoms with Crippen molar-refractivity contribution in [2.75, 3.05) is 0 Å². The largest absolute Gasteiger partial charge is 0.371 e. The molecule has 2 rings (SSSR count). The van der Waals surface area contributed by atoms with Gasteiger partial charge in [-0.25, -0.2) is 4.39 Å². The highest BCUT2D eigenvalue weighted by Gasteiger charge is 2.24. The van der Waals surface area contributed by atoms with Crippen LogP contribution in [0.4, 0.5) is 10.1 Å². The fourth-order valence-electron chi connectivity index (χ4n) is 1.61. The van der Waals surface area contributed by atoms with Crippen molar-refractivity contribution in [3.8, 4) is 11.8 Å². The Labute approximate surface area is 134 Å². The summed E-state index contributed by atoms with van der Waals surface area (Å²) in [6.07, 6.45) is 0. The predicted molar refractivity (Wildman–Crippen MR) is 77.0 cm³/mol. The lowest BCUT2D eigenvalue weighted by molar-refractivity contribution is -0.385. The van der Waals surface area contributed by atoms with Gasteiger partial charge in [-0.3, -0.25) is 10.1 Å². The van der Waals surface area contributed by atoms with Crippen LogP contribution in [0.15, 0.2) is 41.3 Å². The molecule has 0 aliphatic rings. The molecule has 0 aliphatic carbocycles. The first-order chi connectivity index (χ1) is 10.7. The van der Waals surface area contributed by atoms with Gasteiger partial charge in [-0.1, -0.05) is 11.6 Å². The molecule has 0 atom stereocenters. The molecular weight excluding hydrogens is 351 g/mol. The van der Waals surface area contributed by atoms with E-state index in [0.717, 1.165) is 30.3 Å². The Morgan fingerprint density at radius 2 is 1.96 bits per heavy atom. The van der Waals surface area contributed by atoms with Crippen LogP contribution in [0.3, 0.4) is 0 Å². The molecule has 2 aromatic rings. The summed E-state index contributed by atoms with van der Waals surface area (Å²) in [7, 11) is -4.50. The first-order valence-electron chi connectivity index (χ1n) is 5.82. The quantitative estimate of drug-likeness (QED) is 0.473. The van der Waals surface area contributed by atoms with E-state index in [1.807, 2.05) is 0 Å². The lowest BCUT2D eigenvalue weighted by Crippen LogP contribution is -2.11. The van der Waals surface area contributed by atoms with Gasteiger partial charge in [-0.2, -0.15) is 13.7 Å². The fourth-order valence-corrected chi connectivity index (χ4v) is 2.86. The summed E-state index contributed by atoms with van der Waals surface area (Å²) < 4.78 is 42.1. The third-order valence-electron chi connectivity index (χ3n) is 2.67. The highest BCUT2D eigenvalue weighted by atomic mass is 35.5. The van der Waals surface area contributed by atoms with Crippen molar-refractivity contribution in [3.05, 3.63) is 62.9 Å². The molecule has 0 saturated carbocycles. The second kappa shape index (κ2) is 6.20. The van der Waals surface area contributed by atoms with Gasteiger partial charge in [0.1, 0.15) is 16.8 Å². The van der Waals surface area contributed by atoms with Crippen molar-refractivity contribution in [1.82, 2.24) is 0 Å². The zero-order valence-electron chi connectivity index (χ0n) is 11.1. The van der Waals surface area contributed by atoms with Gasteiger partial charge >= 0.3 is 15.8 Å². The number of benzene rings is 2. The van der Waals surface area contributed by atoms with Crippen LogP contribution < -0.4 is 4.18 Å². The van der Waals surface area contributed by atoms with Crippen LogP contribution in [-0.4, -0.2) is 13.3 Å². The van der Waals surface area contributed by atoms with Gasteiger partial charge in [0.2, 0.25) is 5.75 Å². The number of nitriles is 1. The number of hydrogen-bond donors (Lipinski definition) is 0. The Morgan fingerprint density at radius 1 is 1.26 bits per heavy atom. The van der Waals surface area contributed by atoms with Crippen LogP contribution in [0, 0.1) is 27.3 Å². The van der Waals surface area contributed by atoms with Gasteiger partial charge in [0, 0.05) is 12.1 Å². The number of nitro groups is 1. The molecule has 0 N–H and O–H groups in total. The first kappa shape index (κ1) is 16.7. The van der Waals surface area contributed by atoms with Crippen LogP contribution in [-0.2, 0) is 10.1 Å². The summed E-state index contributed by atoms with van der Waals surface area (Å²) >= 11 is 5.73. The molecule has 0 bridgehead atoms. The minimum atomic E-state index is -4.50. The van der Waals surface area contributed by atoms with Crippen LogP contribution in [0.2, 0.25) is 5.02 Å². The van der Waals surface area contributed by atoms with Crippen LogP contribution in [0.1, 0.15) is 5.56 Å². The number of rotatable bonds is 4. The summed E-state index contributed by atoms with van der Waals surface area (Å²) in [6.45, 7) is 0. The minimum Gasteiger partial charge on any atom is -0.371 e. The SMILES string of the molecule is N#Cc1ccc(S(=O)(=O)Oc2cc(F)ccc2[N+](=O)[O-])cc1Cl. The average Bonchev–Trinajstić information content (AvgIpc) is 2.46. The third-order valence-corrected chi connectivity index (χ3v) is 4.21. The maximum atomic E-state index is 13.2. The summed E-state index contributed by atoms with van der Waals surface area (Å²) in [5.74, 6) is -1.67. The zero-order valence-corrected chi connectivity index (χ0v) is 12.6. The van der Waals surface area contributed by atoms with Crippen LogP contribution >= 0.6 is 11.6 Å². The topological polar surface area (TPSA) is 110 Å². The summed E-state index contributed by atoms with van der Waals surface area (Å²) in [5, 5.41) is 19.5. The molecule has 2 aromatic carbocycles. The van der Waals surface area contributed by atoms with Gasteiger partial charge < -0.3 is 4.18 Å². The van der Waals surface area contributed by atoms with E-state index in [2.05, 4.69) is 4.18 Å². The highest BCUT2D eigenvalue weighted by molar-refractivity contribution is 7.87. The molecule has 0 unspecified atom stereocenters. The third kappa shape index (κ3) is 3.56. The van der Waals surface area contributed by atoms with Crippen molar-refractivity contribution in [1.29, 1.82) is 5.26 Å². The Hall–Kier alpha value is -2.70. The average molecular weight is 357 g/mol.